The third-order valence-electron chi connectivity index (χ3n) is 2.93. The lowest BCUT2D eigenvalue weighted by molar-refractivity contribution is -0.145. The maximum Gasteiger partial charge on any atom is 0.344 e. The number of benzene rings is 1. The molecule has 0 aromatic heterocycles. The largest absolute Gasteiger partial charge is 0.493 e. The van der Waals surface area contributed by atoms with Crippen molar-refractivity contribution in [2.75, 3.05) is 7.11 Å². The molecule has 0 saturated carbocycles. The van der Waals surface area contributed by atoms with Crippen molar-refractivity contribution in [1.82, 2.24) is 0 Å². The lowest BCUT2D eigenvalue weighted by Crippen LogP contribution is -2.27. The average Bonchev–Trinajstić information content (AvgIpc) is 2.39. The predicted molar refractivity (Wildman–Crippen MR) is 85.0 cm³/mol. The minimum Gasteiger partial charge on any atom is -0.493 e. The van der Waals surface area contributed by atoms with Crippen molar-refractivity contribution in [3.05, 3.63) is 22.2 Å². The van der Waals surface area contributed by atoms with Crippen LogP contribution in [0.3, 0.4) is 0 Å². The number of halogens is 1. The number of aliphatic carboxylic acids is 1. The van der Waals surface area contributed by atoms with Crippen LogP contribution in [-0.2, 0) is 11.2 Å². The lowest BCUT2D eigenvalue weighted by atomic mass is 10.1. The highest BCUT2D eigenvalue weighted by molar-refractivity contribution is 9.10. The molecule has 0 fully saturated rings. The first-order chi connectivity index (χ1) is 9.88. The maximum absolute atomic E-state index is 11.2. The summed E-state index contributed by atoms with van der Waals surface area (Å²) in [6.45, 7) is 3.84. The molecule has 2 atom stereocenters. The first kappa shape index (κ1) is 17.8. The van der Waals surface area contributed by atoms with Gasteiger partial charge in [0.05, 0.1) is 11.6 Å². The Morgan fingerprint density at radius 2 is 2.14 bits per heavy atom. The van der Waals surface area contributed by atoms with Crippen molar-refractivity contribution in [2.45, 2.75) is 45.3 Å². The van der Waals surface area contributed by atoms with E-state index in [-0.39, 0.29) is 6.04 Å². The van der Waals surface area contributed by atoms with Crippen molar-refractivity contribution >= 4 is 21.9 Å². The molecule has 21 heavy (non-hydrogen) atoms. The second-order valence-electron chi connectivity index (χ2n) is 5.02. The van der Waals surface area contributed by atoms with Gasteiger partial charge in [-0.1, -0.05) is 13.3 Å². The summed E-state index contributed by atoms with van der Waals surface area (Å²) >= 11 is 3.42. The normalized spacial score (nSPS) is 13.6. The molecule has 0 spiro atoms. The molecule has 1 rings (SSSR count). The fraction of sp³-hybridized carbons (Fsp3) is 0.533. The van der Waals surface area contributed by atoms with Gasteiger partial charge in [0.2, 0.25) is 0 Å². The molecule has 0 bridgehead atoms. The molecule has 0 aliphatic heterocycles. The van der Waals surface area contributed by atoms with Gasteiger partial charge in [-0.3, -0.25) is 0 Å². The van der Waals surface area contributed by atoms with Crippen LogP contribution >= 0.6 is 15.9 Å². The summed E-state index contributed by atoms with van der Waals surface area (Å²) in [6.07, 6.45) is 0.970. The maximum atomic E-state index is 11.2. The Morgan fingerprint density at radius 3 is 2.62 bits per heavy atom. The lowest BCUT2D eigenvalue weighted by Gasteiger charge is -2.19. The Kier molecular flexibility index (Phi) is 6.98. The van der Waals surface area contributed by atoms with Gasteiger partial charge in [-0.15, -0.1) is 0 Å². The van der Waals surface area contributed by atoms with Crippen molar-refractivity contribution in [3.63, 3.8) is 0 Å². The summed E-state index contributed by atoms with van der Waals surface area (Å²) in [6, 6.07) is 3.74. The van der Waals surface area contributed by atoms with E-state index in [0.717, 1.165) is 12.0 Å². The van der Waals surface area contributed by atoms with Crippen LogP contribution in [0.2, 0.25) is 0 Å². The number of ether oxygens (including phenoxy) is 2. The van der Waals surface area contributed by atoms with Gasteiger partial charge in [0, 0.05) is 6.04 Å². The van der Waals surface area contributed by atoms with Crippen molar-refractivity contribution in [3.8, 4) is 11.5 Å². The summed E-state index contributed by atoms with van der Waals surface area (Å²) < 4.78 is 11.6. The van der Waals surface area contributed by atoms with Crippen molar-refractivity contribution in [1.29, 1.82) is 0 Å². The molecule has 3 N–H and O–H groups in total. The van der Waals surface area contributed by atoms with E-state index < -0.39 is 12.1 Å². The number of nitrogens with two attached hydrogens (primary N) is 1. The topological polar surface area (TPSA) is 81.8 Å². The van der Waals surface area contributed by atoms with Crippen LogP contribution in [0.4, 0.5) is 0 Å². The van der Waals surface area contributed by atoms with Crippen LogP contribution in [-0.4, -0.2) is 30.3 Å². The fourth-order valence-electron chi connectivity index (χ4n) is 2.01. The van der Waals surface area contributed by atoms with Gasteiger partial charge in [-0.25, -0.2) is 4.79 Å². The number of carbonyl (C=O) groups is 1. The minimum absolute atomic E-state index is 0.0280. The Labute approximate surface area is 133 Å². The van der Waals surface area contributed by atoms with Gasteiger partial charge in [0.15, 0.2) is 17.6 Å². The number of methoxy groups -OCH3 is 1. The molecule has 1 aromatic carbocycles. The molecule has 2 unspecified atom stereocenters. The standard InChI is InChI=1S/C15H22BrNO4/c1-4-5-12(15(18)19)21-14-11(16)7-10(6-9(2)17)8-13(14)20-3/h7-9,12H,4-6,17H2,1-3H3,(H,18,19). The first-order valence-electron chi connectivity index (χ1n) is 6.90. The monoisotopic (exact) mass is 359 g/mol. The summed E-state index contributed by atoms with van der Waals surface area (Å²) in [7, 11) is 1.53. The molecular formula is C15H22BrNO4. The summed E-state index contributed by atoms with van der Waals surface area (Å²) in [5.41, 5.74) is 6.80. The molecule has 5 nitrogen and oxygen atoms in total. The van der Waals surface area contributed by atoms with E-state index in [9.17, 15) is 9.90 Å². The van der Waals surface area contributed by atoms with Crippen molar-refractivity contribution in [2.24, 2.45) is 5.73 Å². The van der Waals surface area contributed by atoms with Gasteiger partial charge >= 0.3 is 5.97 Å². The quantitative estimate of drug-likeness (QED) is 0.745. The van der Waals surface area contributed by atoms with Crippen LogP contribution in [0.15, 0.2) is 16.6 Å². The first-order valence-corrected chi connectivity index (χ1v) is 7.69. The molecular weight excluding hydrogens is 338 g/mol. The van der Waals surface area contributed by atoms with Gasteiger partial charge < -0.3 is 20.3 Å². The molecule has 0 saturated heterocycles. The molecule has 1 aromatic rings. The highest BCUT2D eigenvalue weighted by atomic mass is 79.9. The second kappa shape index (κ2) is 8.24. The van der Waals surface area contributed by atoms with E-state index in [2.05, 4.69) is 15.9 Å². The molecule has 6 heteroatoms. The smallest absolute Gasteiger partial charge is 0.344 e. The summed E-state index contributed by atoms with van der Waals surface area (Å²) in [5.74, 6) is -0.0698. The summed E-state index contributed by atoms with van der Waals surface area (Å²) in [5, 5.41) is 9.20. The molecule has 0 amide bonds. The Bertz CT molecular complexity index is 491. The Hall–Kier alpha value is -1.27. The molecule has 0 radical (unpaired) electrons. The second-order valence-corrected chi connectivity index (χ2v) is 5.88. The minimum atomic E-state index is -0.981. The molecule has 118 valence electrons. The van der Waals surface area contributed by atoms with Crippen LogP contribution in [0.1, 0.15) is 32.3 Å². The SMILES string of the molecule is CCCC(Oc1c(Br)cc(CC(C)N)cc1OC)C(=O)O. The zero-order valence-electron chi connectivity index (χ0n) is 12.6. The third-order valence-corrected chi connectivity index (χ3v) is 3.52. The number of hydrogen-bond donors (Lipinski definition) is 2. The zero-order valence-corrected chi connectivity index (χ0v) is 14.1. The van der Waals surface area contributed by atoms with Gasteiger partial charge in [-0.2, -0.15) is 0 Å². The Balaban J connectivity index is 3.08. The highest BCUT2D eigenvalue weighted by Gasteiger charge is 2.22. The van der Waals surface area contributed by atoms with E-state index in [4.69, 9.17) is 15.2 Å². The number of hydrogen-bond acceptors (Lipinski definition) is 4. The fourth-order valence-corrected chi connectivity index (χ4v) is 2.60. The van der Waals surface area contributed by atoms with Gasteiger partial charge in [-0.05, 0) is 53.4 Å². The van der Waals surface area contributed by atoms with Crippen LogP contribution in [0.5, 0.6) is 11.5 Å². The molecule has 0 heterocycles. The molecule has 0 aliphatic rings. The number of carboxylic acid groups (broad SMARTS) is 1. The van der Waals surface area contributed by atoms with Crippen LogP contribution < -0.4 is 15.2 Å². The number of carboxylic acids is 1. The van der Waals surface area contributed by atoms with E-state index in [1.807, 2.05) is 26.0 Å². The highest BCUT2D eigenvalue weighted by Crippen LogP contribution is 2.38. The summed E-state index contributed by atoms with van der Waals surface area (Å²) in [4.78, 5) is 11.2. The van der Waals surface area contributed by atoms with Gasteiger partial charge in [0.25, 0.3) is 0 Å². The average molecular weight is 360 g/mol. The zero-order chi connectivity index (χ0) is 16.0. The number of rotatable bonds is 8. The van der Waals surface area contributed by atoms with Crippen LogP contribution in [0, 0.1) is 0 Å². The van der Waals surface area contributed by atoms with E-state index >= 15 is 0 Å². The van der Waals surface area contributed by atoms with Crippen LogP contribution in [0.25, 0.3) is 0 Å². The Morgan fingerprint density at radius 1 is 1.48 bits per heavy atom. The predicted octanol–water partition coefficient (Wildman–Crippen LogP) is 2.98. The third kappa shape index (κ3) is 5.21. The van der Waals surface area contributed by atoms with E-state index in [0.29, 0.717) is 28.8 Å². The van der Waals surface area contributed by atoms with Crippen molar-refractivity contribution < 1.29 is 19.4 Å². The molecule has 0 aliphatic carbocycles. The van der Waals surface area contributed by atoms with E-state index in [1.165, 1.54) is 7.11 Å². The van der Waals surface area contributed by atoms with Gasteiger partial charge in [0.1, 0.15) is 0 Å². The van der Waals surface area contributed by atoms with E-state index in [1.54, 1.807) is 0 Å².